The number of hydrogen-bond donors (Lipinski definition) is 1. The van der Waals surface area contributed by atoms with Gasteiger partial charge in [-0.2, -0.15) is 0 Å². The lowest BCUT2D eigenvalue weighted by molar-refractivity contribution is 0.144. The molecule has 3 heterocycles. The summed E-state index contributed by atoms with van der Waals surface area (Å²) in [6, 6.07) is 10.4. The average molecular weight is 462 g/mol. The summed E-state index contributed by atoms with van der Waals surface area (Å²) in [6.45, 7) is 8.09. The summed E-state index contributed by atoms with van der Waals surface area (Å²) in [5, 5.41) is 10.8. The maximum absolute atomic E-state index is 10.0. The fourth-order valence-corrected chi connectivity index (χ4v) is 5.26. The van der Waals surface area contributed by atoms with E-state index in [0.717, 1.165) is 61.2 Å². The second-order valence-electron chi connectivity index (χ2n) is 8.81. The number of aromatic nitrogens is 3. The van der Waals surface area contributed by atoms with Crippen LogP contribution in [0.25, 0.3) is 11.6 Å². The van der Waals surface area contributed by atoms with Crippen molar-refractivity contribution < 1.29 is 5.02 Å². The van der Waals surface area contributed by atoms with Crippen LogP contribution in [-0.4, -0.2) is 62.5 Å². The number of halogens is 1. The lowest BCUT2D eigenvalue weighted by Crippen LogP contribution is -2.52. The molecule has 3 aromatic rings. The van der Waals surface area contributed by atoms with E-state index in [9.17, 15) is 5.02 Å². The molecule has 0 radical (unpaired) electrons. The van der Waals surface area contributed by atoms with Gasteiger partial charge < -0.3 is 14.4 Å². The normalized spacial score (nSPS) is 18.9. The van der Waals surface area contributed by atoms with Gasteiger partial charge in [0, 0.05) is 62.8 Å². The maximum Gasteiger partial charge on any atom is 0.376 e. The number of rotatable bonds is 5. The Morgan fingerprint density at radius 1 is 1.12 bits per heavy atom. The minimum atomic E-state index is -0.422. The predicted octanol–water partition coefficient (Wildman–Crippen LogP) is 3.87. The highest BCUT2D eigenvalue weighted by molar-refractivity contribution is 6.45. The lowest BCUT2D eigenvalue weighted by Gasteiger charge is -2.40. The second kappa shape index (κ2) is 9.43. The SMILES string of the molecule is CCc1nccn1CC1=Cc2cccnc2C(N2CCN(B(C)O)CC2)c2ccc(Cl)cc21. The number of hydrogen-bond acceptors (Lipinski definition) is 5. The van der Waals surface area contributed by atoms with Crippen LogP contribution in [0, 0.1) is 0 Å². The third-order valence-electron chi connectivity index (χ3n) is 6.82. The Balaban J connectivity index is 1.60. The standard InChI is InChI=1S/C25H29BClN5O/c1-3-23-28-9-10-31(23)17-19-15-18-5-4-8-29-24(18)25(21-7-6-20(27)16-22(19)21)30-11-13-32(14-12-30)26(2)33/h4-10,15-16,25,33H,3,11-14,17H2,1-2H3. The molecule has 0 amide bonds. The van der Waals surface area contributed by atoms with Crippen molar-refractivity contribution in [1.29, 1.82) is 0 Å². The molecular weight excluding hydrogens is 433 g/mol. The van der Waals surface area contributed by atoms with Crippen molar-refractivity contribution in [3.05, 3.63) is 82.2 Å². The molecule has 1 fully saturated rings. The van der Waals surface area contributed by atoms with Gasteiger partial charge in [0.1, 0.15) is 5.82 Å². The molecule has 1 saturated heterocycles. The molecule has 8 heteroatoms. The molecule has 1 aliphatic heterocycles. The summed E-state index contributed by atoms with van der Waals surface area (Å²) in [7, 11) is -0.422. The Morgan fingerprint density at radius 2 is 1.94 bits per heavy atom. The number of benzene rings is 1. The Labute approximate surface area is 200 Å². The van der Waals surface area contributed by atoms with Crippen molar-refractivity contribution in [1.82, 2.24) is 24.2 Å². The molecule has 1 aliphatic carbocycles. The maximum atomic E-state index is 10.0. The van der Waals surface area contributed by atoms with Crippen LogP contribution in [0.1, 0.15) is 41.2 Å². The second-order valence-corrected chi connectivity index (χ2v) is 9.25. The Morgan fingerprint density at radius 3 is 2.70 bits per heavy atom. The van der Waals surface area contributed by atoms with Gasteiger partial charge in [0.2, 0.25) is 0 Å². The zero-order valence-electron chi connectivity index (χ0n) is 19.2. The summed E-state index contributed by atoms with van der Waals surface area (Å²) in [5.74, 6) is 1.07. The first-order valence-corrected chi connectivity index (χ1v) is 12.0. The van der Waals surface area contributed by atoms with Crippen molar-refractivity contribution in [3.63, 3.8) is 0 Å². The number of nitrogens with zero attached hydrogens (tertiary/aromatic N) is 5. The highest BCUT2D eigenvalue weighted by atomic mass is 35.5. The van der Waals surface area contributed by atoms with Gasteiger partial charge in [-0.05, 0) is 53.4 Å². The lowest BCUT2D eigenvalue weighted by atomic mass is 9.84. The molecule has 1 unspecified atom stereocenters. The summed E-state index contributed by atoms with van der Waals surface area (Å²) in [4.78, 5) is 14.0. The minimum Gasteiger partial charge on any atom is -0.437 e. The third kappa shape index (κ3) is 4.38. The first-order valence-electron chi connectivity index (χ1n) is 11.7. The van der Waals surface area contributed by atoms with Crippen LogP contribution >= 0.6 is 11.6 Å². The molecule has 0 spiro atoms. The molecule has 0 bridgehead atoms. The molecular formula is C25H29BClN5O. The Kier molecular flexibility index (Phi) is 6.39. The molecule has 1 atom stereocenters. The number of pyridine rings is 1. The summed E-state index contributed by atoms with van der Waals surface area (Å²) >= 11 is 6.52. The molecule has 1 N–H and O–H groups in total. The largest absolute Gasteiger partial charge is 0.437 e. The number of imidazole rings is 1. The molecule has 170 valence electrons. The fraction of sp³-hybridized carbons (Fsp3) is 0.360. The first kappa shape index (κ1) is 22.4. The van der Waals surface area contributed by atoms with Gasteiger partial charge in [0.25, 0.3) is 0 Å². The van der Waals surface area contributed by atoms with E-state index in [1.807, 2.05) is 37.5 Å². The van der Waals surface area contributed by atoms with Gasteiger partial charge in [-0.25, -0.2) is 4.98 Å². The van der Waals surface area contributed by atoms with Crippen LogP contribution < -0.4 is 0 Å². The Hall–Kier alpha value is -2.45. The fourth-order valence-electron chi connectivity index (χ4n) is 5.09. The zero-order chi connectivity index (χ0) is 22.9. The molecule has 5 rings (SSSR count). The molecule has 2 aliphatic rings. The topological polar surface area (TPSA) is 57.4 Å². The smallest absolute Gasteiger partial charge is 0.376 e. The van der Waals surface area contributed by atoms with Gasteiger partial charge in [0.15, 0.2) is 0 Å². The van der Waals surface area contributed by atoms with Gasteiger partial charge >= 0.3 is 7.05 Å². The highest BCUT2D eigenvalue weighted by Crippen LogP contribution is 2.41. The quantitative estimate of drug-likeness (QED) is 0.585. The molecule has 2 aromatic heterocycles. The van der Waals surface area contributed by atoms with E-state index in [4.69, 9.17) is 16.6 Å². The van der Waals surface area contributed by atoms with Crippen LogP contribution in [0.5, 0.6) is 0 Å². The van der Waals surface area contributed by atoms with E-state index < -0.39 is 7.05 Å². The summed E-state index contributed by atoms with van der Waals surface area (Å²) < 4.78 is 2.22. The van der Waals surface area contributed by atoms with Crippen LogP contribution in [-0.2, 0) is 13.0 Å². The van der Waals surface area contributed by atoms with Crippen molar-refractivity contribution in [2.24, 2.45) is 0 Å². The molecule has 6 nitrogen and oxygen atoms in total. The van der Waals surface area contributed by atoms with E-state index in [1.54, 1.807) is 0 Å². The molecule has 0 saturated carbocycles. The van der Waals surface area contributed by atoms with E-state index in [0.29, 0.717) is 0 Å². The van der Waals surface area contributed by atoms with Crippen molar-refractivity contribution in [2.45, 2.75) is 32.8 Å². The van der Waals surface area contributed by atoms with Gasteiger partial charge in [-0.15, -0.1) is 0 Å². The van der Waals surface area contributed by atoms with Gasteiger partial charge in [-0.3, -0.25) is 9.88 Å². The van der Waals surface area contributed by atoms with Crippen LogP contribution in [0.3, 0.4) is 0 Å². The highest BCUT2D eigenvalue weighted by Gasteiger charge is 2.33. The number of allylic oxidation sites excluding steroid dienone is 1. The first-order chi connectivity index (χ1) is 16.0. The molecule has 33 heavy (non-hydrogen) atoms. The van der Waals surface area contributed by atoms with E-state index >= 15 is 0 Å². The monoisotopic (exact) mass is 461 g/mol. The number of piperazine rings is 1. The van der Waals surface area contributed by atoms with Crippen LogP contribution in [0.4, 0.5) is 0 Å². The van der Waals surface area contributed by atoms with Gasteiger partial charge in [0.05, 0.1) is 11.7 Å². The van der Waals surface area contributed by atoms with E-state index in [1.165, 1.54) is 16.7 Å². The van der Waals surface area contributed by atoms with Crippen LogP contribution in [0.2, 0.25) is 11.8 Å². The van der Waals surface area contributed by atoms with Crippen molar-refractivity contribution in [3.8, 4) is 0 Å². The van der Waals surface area contributed by atoms with Crippen LogP contribution in [0.15, 0.2) is 48.9 Å². The summed E-state index contributed by atoms with van der Waals surface area (Å²) in [6.07, 6.45) is 8.96. The predicted molar refractivity (Wildman–Crippen MR) is 134 cm³/mol. The van der Waals surface area contributed by atoms with E-state index in [-0.39, 0.29) is 6.04 Å². The van der Waals surface area contributed by atoms with Gasteiger partial charge in [-0.1, -0.05) is 30.7 Å². The molecule has 1 aromatic carbocycles. The number of fused-ring (bicyclic) bond motifs is 2. The number of aryl methyl sites for hydroxylation is 1. The minimum absolute atomic E-state index is 0.0341. The zero-order valence-corrected chi connectivity index (χ0v) is 19.9. The van der Waals surface area contributed by atoms with Crippen molar-refractivity contribution >= 4 is 30.3 Å². The van der Waals surface area contributed by atoms with E-state index in [2.05, 4.69) is 50.5 Å². The van der Waals surface area contributed by atoms with Crippen molar-refractivity contribution in [2.75, 3.05) is 26.2 Å². The third-order valence-corrected chi connectivity index (χ3v) is 7.05. The summed E-state index contributed by atoms with van der Waals surface area (Å²) in [5.41, 5.74) is 5.81. The average Bonchev–Trinajstić information content (AvgIpc) is 3.23. The Bertz CT molecular complexity index is 1170.